The molecule has 1 heterocycles. The second-order valence-corrected chi connectivity index (χ2v) is 6.78. The van der Waals surface area contributed by atoms with E-state index in [0.717, 1.165) is 17.9 Å². The normalized spacial score (nSPS) is 29.7. The molecule has 2 aliphatic rings. The summed E-state index contributed by atoms with van der Waals surface area (Å²) in [4.78, 5) is 5.35. The van der Waals surface area contributed by atoms with Gasteiger partial charge in [-0.15, -0.1) is 0 Å². The number of hydrogen-bond donors (Lipinski definition) is 0. The quantitative estimate of drug-likeness (QED) is 0.694. The molecule has 1 saturated carbocycles. The van der Waals surface area contributed by atoms with Gasteiger partial charge in [0.05, 0.1) is 0 Å². The molecule has 2 heteroatoms. The van der Waals surface area contributed by atoms with Crippen molar-refractivity contribution < 1.29 is 0 Å². The Morgan fingerprint density at radius 2 is 1.63 bits per heavy atom. The topological polar surface area (TPSA) is 6.48 Å². The van der Waals surface area contributed by atoms with Crippen LogP contribution in [0.4, 0.5) is 0 Å². The van der Waals surface area contributed by atoms with Gasteiger partial charge >= 0.3 is 0 Å². The Bertz CT molecular complexity index is 236. The van der Waals surface area contributed by atoms with E-state index in [0.29, 0.717) is 0 Å². The maximum absolute atomic E-state index is 2.79. The Kier molecular flexibility index (Phi) is 6.15. The SMILES string of the molecule is CCN(CC)CCC[C@H](C)N1C[C@H]2CCCC[C@@H]2C1. The molecule has 0 spiro atoms. The van der Waals surface area contributed by atoms with E-state index in [1.165, 1.54) is 71.2 Å². The predicted octanol–water partition coefficient (Wildman–Crippen LogP) is 3.62. The minimum atomic E-state index is 0.807. The maximum atomic E-state index is 2.79. The fraction of sp³-hybridized carbons (Fsp3) is 1.00. The molecule has 1 aliphatic carbocycles. The van der Waals surface area contributed by atoms with E-state index in [-0.39, 0.29) is 0 Å². The van der Waals surface area contributed by atoms with Gasteiger partial charge in [-0.25, -0.2) is 0 Å². The molecule has 0 unspecified atom stereocenters. The molecular formula is C17H34N2. The van der Waals surface area contributed by atoms with Crippen LogP contribution < -0.4 is 0 Å². The molecule has 3 atom stereocenters. The van der Waals surface area contributed by atoms with Crippen molar-refractivity contribution in [2.24, 2.45) is 11.8 Å². The first-order chi connectivity index (χ1) is 9.24. The highest BCUT2D eigenvalue weighted by Crippen LogP contribution is 2.37. The van der Waals surface area contributed by atoms with Gasteiger partial charge in [0.1, 0.15) is 0 Å². The molecule has 2 nitrogen and oxygen atoms in total. The smallest absolute Gasteiger partial charge is 0.00676 e. The molecule has 19 heavy (non-hydrogen) atoms. The Morgan fingerprint density at radius 3 is 2.16 bits per heavy atom. The maximum Gasteiger partial charge on any atom is 0.00676 e. The van der Waals surface area contributed by atoms with Gasteiger partial charge in [0.15, 0.2) is 0 Å². The van der Waals surface area contributed by atoms with Gasteiger partial charge in [-0.3, -0.25) is 0 Å². The number of fused-ring (bicyclic) bond motifs is 1. The first-order valence-electron chi connectivity index (χ1n) is 8.71. The van der Waals surface area contributed by atoms with Crippen LogP contribution >= 0.6 is 0 Å². The summed E-state index contributed by atoms with van der Waals surface area (Å²) in [6, 6.07) is 0.807. The predicted molar refractivity (Wildman–Crippen MR) is 83.5 cm³/mol. The molecule has 2 fully saturated rings. The van der Waals surface area contributed by atoms with Gasteiger partial charge in [-0.05, 0) is 64.1 Å². The van der Waals surface area contributed by atoms with Crippen molar-refractivity contribution in [1.29, 1.82) is 0 Å². The van der Waals surface area contributed by atoms with Gasteiger partial charge in [-0.2, -0.15) is 0 Å². The van der Waals surface area contributed by atoms with Gasteiger partial charge in [0, 0.05) is 19.1 Å². The Labute approximate surface area is 120 Å². The van der Waals surface area contributed by atoms with Crippen LogP contribution in [0.25, 0.3) is 0 Å². The first kappa shape index (κ1) is 15.3. The lowest BCUT2D eigenvalue weighted by atomic mass is 9.82. The van der Waals surface area contributed by atoms with Crippen molar-refractivity contribution in [3.05, 3.63) is 0 Å². The van der Waals surface area contributed by atoms with Crippen LogP contribution in [0.3, 0.4) is 0 Å². The average Bonchev–Trinajstić information content (AvgIpc) is 2.87. The molecule has 1 aliphatic heterocycles. The molecule has 0 aromatic heterocycles. The summed E-state index contributed by atoms with van der Waals surface area (Å²) in [6.45, 7) is 13.5. The molecule has 0 aromatic rings. The van der Waals surface area contributed by atoms with E-state index in [1.807, 2.05) is 0 Å². The molecule has 0 aromatic carbocycles. The van der Waals surface area contributed by atoms with Crippen LogP contribution in [0.15, 0.2) is 0 Å². The molecular weight excluding hydrogens is 232 g/mol. The zero-order valence-electron chi connectivity index (χ0n) is 13.4. The highest BCUT2D eigenvalue weighted by atomic mass is 15.2. The fourth-order valence-electron chi connectivity index (χ4n) is 4.13. The Hall–Kier alpha value is -0.0800. The molecule has 0 radical (unpaired) electrons. The molecule has 2 rings (SSSR count). The van der Waals surface area contributed by atoms with E-state index in [9.17, 15) is 0 Å². The first-order valence-corrected chi connectivity index (χ1v) is 8.71. The second kappa shape index (κ2) is 7.64. The third kappa shape index (κ3) is 4.19. The third-order valence-electron chi connectivity index (χ3n) is 5.62. The van der Waals surface area contributed by atoms with Crippen LogP contribution in [0, 0.1) is 11.8 Å². The second-order valence-electron chi connectivity index (χ2n) is 6.78. The average molecular weight is 266 g/mol. The monoisotopic (exact) mass is 266 g/mol. The van der Waals surface area contributed by atoms with Crippen molar-refractivity contribution >= 4 is 0 Å². The molecule has 112 valence electrons. The molecule has 0 amide bonds. The van der Waals surface area contributed by atoms with E-state index < -0.39 is 0 Å². The van der Waals surface area contributed by atoms with E-state index in [4.69, 9.17) is 0 Å². The van der Waals surface area contributed by atoms with Crippen LogP contribution in [-0.4, -0.2) is 48.6 Å². The minimum absolute atomic E-state index is 0.807. The summed E-state index contributed by atoms with van der Waals surface area (Å²) in [5.41, 5.74) is 0. The van der Waals surface area contributed by atoms with E-state index >= 15 is 0 Å². The Morgan fingerprint density at radius 1 is 1.05 bits per heavy atom. The zero-order chi connectivity index (χ0) is 13.7. The summed E-state index contributed by atoms with van der Waals surface area (Å²) in [5, 5.41) is 0. The van der Waals surface area contributed by atoms with Crippen LogP contribution in [0.2, 0.25) is 0 Å². The van der Waals surface area contributed by atoms with Crippen molar-refractivity contribution in [1.82, 2.24) is 9.80 Å². The van der Waals surface area contributed by atoms with Crippen molar-refractivity contribution in [2.45, 2.75) is 65.3 Å². The molecule has 1 saturated heterocycles. The number of likely N-dealkylation sites (tertiary alicyclic amines) is 1. The van der Waals surface area contributed by atoms with Crippen LogP contribution in [-0.2, 0) is 0 Å². The van der Waals surface area contributed by atoms with Crippen molar-refractivity contribution in [2.75, 3.05) is 32.7 Å². The van der Waals surface area contributed by atoms with Gasteiger partial charge < -0.3 is 9.80 Å². The number of hydrogen-bond acceptors (Lipinski definition) is 2. The number of rotatable bonds is 7. The lowest BCUT2D eigenvalue weighted by Gasteiger charge is -2.26. The fourth-order valence-corrected chi connectivity index (χ4v) is 4.13. The summed E-state index contributed by atoms with van der Waals surface area (Å²) < 4.78 is 0. The third-order valence-corrected chi connectivity index (χ3v) is 5.62. The Balaban J connectivity index is 1.67. The van der Waals surface area contributed by atoms with Crippen LogP contribution in [0.5, 0.6) is 0 Å². The van der Waals surface area contributed by atoms with E-state index in [1.54, 1.807) is 0 Å². The summed E-state index contributed by atoms with van der Waals surface area (Å²) in [5.74, 6) is 2.08. The molecule has 0 N–H and O–H groups in total. The molecule has 0 bridgehead atoms. The zero-order valence-corrected chi connectivity index (χ0v) is 13.4. The standard InChI is InChI=1S/C17H34N2/c1-4-18(5-2)12-8-9-15(3)19-13-16-10-6-7-11-17(16)14-19/h15-17H,4-14H2,1-3H3/t15-,16+,17+/m0/s1. The van der Waals surface area contributed by atoms with E-state index in [2.05, 4.69) is 30.6 Å². The summed E-state index contributed by atoms with van der Waals surface area (Å²) in [7, 11) is 0. The summed E-state index contributed by atoms with van der Waals surface area (Å²) in [6.07, 6.45) is 8.75. The largest absolute Gasteiger partial charge is 0.304 e. The van der Waals surface area contributed by atoms with Gasteiger partial charge in [-0.1, -0.05) is 26.7 Å². The minimum Gasteiger partial charge on any atom is -0.304 e. The van der Waals surface area contributed by atoms with Gasteiger partial charge in [0.25, 0.3) is 0 Å². The van der Waals surface area contributed by atoms with Crippen molar-refractivity contribution in [3.63, 3.8) is 0 Å². The lowest BCUT2D eigenvalue weighted by Crippen LogP contribution is -2.32. The van der Waals surface area contributed by atoms with Crippen LogP contribution in [0.1, 0.15) is 59.3 Å². The highest BCUT2D eigenvalue weighted by molar-refractivity contribution is 4.88. The summed E-state index contributed by atoms with van der Waals surface area (Å²) >= 11 is 0. The lowest BCUT2D eigenvalue weighted by molar-refractivity contribution is 0.217. The highest BCUT2D eigenvalue weighted by Gasteiger charge is 2.35. The number of nitrogens with zero attached hydrogens (tertiary/aromatic N) is 2. The van der Waals surface area contributed by atoms with Gasteiger partial charge in [0.2, 0.25) is 0 Å². The van der Waals surface area contributed by atoms with Crippen molar-refractivity contribution in [3.8, 4) is 0 Å².